The van der Waals surface area contributed by atoms with Crippen LogP contribution in [0.25, 0.3) is 11.4 Å². The molecule has 0 spiro atoms. The van der Waals surface area contributed by atoms with Gasteiger partial charge >= 0.3 is 6.03 Å². The van der Waals surface area contributed by atoms with Crippen molar-refractivity contribution in [3.63, 3.8) is 0 Å². The molecule has 0 aliphatic carbocycles. The number of nitrogens with zero attached hydrogens (tertiary/aromatic N) is 4. The van der Waals surface area contributed by atoms with Gasteiger partial charge in [-0.3, -0.25) is 0 Å². The molecule has 0 radical (unpaired) electrons. The first-order chi connectivity index (χ1) is 16.0. The van der Waals surface area contributed by atoms with Crippen LogP contribution in [0.5, 0.6) is 17.2 Å². The van der Waals surface area contributed by atoms with E-state index in [0.29, 0.717) is 47.7 Å². The van der Waals surface area contributed by atoms with E-state index >= 15 is 0 Å². The summed E-state index contributed by atoms with van der Waals surface area (Å²) < 4.78 is 21.1. The molecule has 1 aromatic heterocycles. The minimum absolute atomic E-state index is 0.174. The molecular formula is C23H27N5O5. The summed E-state index contributed by atoms with van der Waals surface area (Å²) in [6, 6.07) is 11.3. The quantitative estimate of drug-likeness (QED) is 0.606. The molecule has 2 aromatic carbocycles. The third-order valence-electron chi connectivity index (χ3n) is 5.50. The number of piperazine rings is 1. The molecule has 1 saturated heterocycles. The zero-order valence-electron chi connectivity index (χ0n) is 19.1. The highest BCUT2D eigenvalue weighted by atomic mass is 16.5. The number of rotatable bonds is 6. The minimum Gasteiger partial charge on any atom is -0.493 e. The number of ether oxygens (including phenoxy) is 3. The van der Waals surface area contributed by atoms with Gasteiger partial charge in [0.2, 0.25) is 17.5 Å². The molecule has 3 aromatic rings. The molecule has 33 heavy (non-hydrogen) atoms. The van der Waals surface area contributed by atoms with Crippen molar-refractivity contribution in [2.75, 3.05) is 57.7 Å². The van der Waals surface area contributed by atoms with Crippen LogP contribution in [0.3, 0.4) is 0 Å². The van der Waals surface area contributed by atoms with Crippen LogP contribution in [0.15, 0.2) is 40.9 Å². The Morgan fingerprint density at radius 3 is 2.12 bits per heavy atom. The fourth-order valence-corrected chi connectivity index (χ4v) is 3.76. The summed E-state index contributed by atoms with van der Waals surface area (Å²) in [5.74, 6) is 2.56. The number of aryl methyl sites for hydroxylation is 1. The van der Waals surface area contributed by atoms with Crippen LogP contribution in [0.4, 0.5) is 16.2 Å². The largest absolute Gasteiger partial charge is 0.493 e. The third-order valence-corrected chi connectivity index (χ3v) is 5.50. The number of urea groups is 1. The predicted octanol–water partition coefficient (Wildman–Crippen LogP) is 3.42. The monoisotopic (exact) mass is 453 g/mol. The second-order valence-electron chi connectivity index (χ2n) is 7.50. The number of carbonyl (C=O) groups excluding carboxylic acids is 1. The first kappa shape index (κ1) is 22.3. The van der Waals surface area contributed by atoms with E-state index in [1.807, 2.05) is 24.3 Å². The highest BCUT2D eigenvalue weighted by molar-refractivity contribution is 5.90. The third kappa shape index (κ3) is 4.79. The highest BCUT2D eigenvalue weighted by Crippen LogP contribution is 2.40. The highest BCUT2D eigenvalue weighted by Gasteiger charge is 2.23. The van der Waals surface area contributed by atoms with Gasteiger partial charge in [0, 0.05) is 56.5 Å². The van der Waals surface area contributed by atoms with Crippen LogP contribution in [-0.2, 0) is 0 Å². The van der Waals surface area contributed by atoms with Gasteiger partial charge in [-0.25, -0.2) is 4.79 Å². The van der Waals surface area contributed by atoms with E-state index in [-0.39, 0.29) is 6.03 Å². The van der Waals surface area contributed by atoms with Gasteiger partial charge in [0.15, 0.2) is 11.5 Å². The molecule has 0 saturated carbocycles. The Bertz CT molecular complexity index is 1080. The summed E-state index contributed by atoms with van der Waals surface area (Å²) in [7, 11) is 4.62. The summed E-state index contributed by atoms with van der Waals surface area (Å²) in [6.07, 6.45) is 0. The van der Waals surface area contributed by atoms with Crippen molar-refractivity contribution >= 4 is 17.4 Å². The summed E-state index contributed by atoms with van der Waals surface area (Å²) in [5, 5.41) is 6.87. The number of hydrogen-bond donors (Lipinski definition) is 1. The number of aromatic nitrogens is 2. The Labute approximate surface area is 192 Å². The number of nitrogens with one attached hydrogen (secondary N) is 1. The lowest BCUT2D eigenvalue weighted by molar-refractivity contribution is 0.208. The molecule has 2 heterocycles. The summed E-state index contributed by atoms with van der Waals surface area (Å²) in [5.41, 5.74) is 2.56. The lowest BCUT2D eigenvalue weighted by atomic mass is 10.1. The molecule has 0 atom stereocenters. The van der Waals surface area contributed by atoms with E-state index in [9.17, 15) is 4.79 Å². The van der Waals surface area contributed by atoms with Gasteiger partial charge in [-0.15, -0.1) is 0 Å². The summed E-state index contributed by atoms with van der Waals surface area (Å²) in [4.78, 5) is 21.1. The maximum absolute atomic E-state index is 12.8. The molecule has 0 unspecified atom stereocenters. The summed E-state index contributed by atoms with van der Waals surface area (Å²) in [6.45, 7) is 4.42. The predicted molar refractivity (Wildman–Crippen MR) is 123 cm³/mol. The van der Waals surface area contributed by atoms with E-state index < -0.39 is 0 Å². The van der Waals surface area contributed by atoms with Crippen LogP contribution in [0, 0.1) is 6.92 Å². The number of amides is 2. The molecule has 2 amide bonds. The van der Waals surface area contributed by atoms with Crippen molar-refractivity contribution in [1.29, 1.82) is 0 Å². The number of anilines is 2. The van der Waals surface area contributed by atoms with Crippen molar-refractivity contribution in [3.8, 4) is 28.6 Å². The van der Waals surface area contributed by atoms with E-state index in [2.05, 4.69) is 20.4 Å². The topological polar surface area (TPSA) is 102 Å². The SMILES string of the molecule is COc1cc(NC(=O)N2CCN(c3ccc(-c4noc(C)n4)cc3)CC2)cc(OC)c1OC. The lowest BCUT2D eigenvalue weighted by Gasteiger charge is -2.36. The van der Waals surface area contributed by atoms with Crippen molar-refractivity contribution in [2.45, 2.75) is 6.92 Å². The normalized spacial score (nSPS) is 13.6. The van der Waals surface area contributed by atoms with Crippen molar-refractivity contribution < 1.29 is 23.5 Å². The zero-order chi connectivity index (χ0) is 23.4. The molecule has 1 aliphatic rings. The Hall–Kier alpha value is -3.95. The molecule has 1 N–H and O–H groups in total. The Morgan fingerprint density at radius 1 is 0.970 bits per heavy atom. The molecular weight excluding hydrogens is 426 g/mol. The number of methoxy groups -OCH3 is 3. The smallest absolute Gasteiger partial charge is 0.321 e. The van der Waals surface area contributed by atoms with E-state index in [0.717, 1.165) is 24.3 Å². The van der Waals surface area contributed by atoms with Crippen molar-refractivity contribution in [3.05, 3.63) is 42.3 Å². The minimum atomic E-state index is -0.174. The van der Waals surface area contributed by atoms with E-state index in [1.54, 1.807) is 24.0 Å². The van der Waals surface area contributed by atoms with Gasteiger partial charge in [-0.2, -0.15) is 4.98 Å². The van der Waals surface area contributed by atoms with Crippen LogP contribution in [0.2, 0.25) is 0 Å². The maximum Gasteiger partial charge on any atom is 0.321 e. The van der Waals surface area contributed by atoms with Gasteiger partial charge in [-0.05, 0) is 24.3 Å². The van der Waals surface area contributed by atoms with Gasteiger partial charge in [-0.1, -0.05) is 5.16 Å². The first-order valence-corrected chi connectivity index (χ1v) is 10.5. The van der Waals surface area contributed by atoms with Crippen molar-refractivity contribution in [1.82, 2.24) is 15.0 Å². The van der Waals surface area contributed by atoms with Crippen LogP contribution in [-0.4, -0.2) is 68.6 Å². The van der Waals surface area contributed by atoms with Crippen LogP contribution >= 0.6 is 0 Å². The number of carbonyl (C=O) groups is 1. The average Bonchev–Trinajstić information content (AvgIpc) is 3.29. The molecule has 1 fully saturated rings. The fraction of sp³-hybridized carbons (Fsp3) is 0.348. The number of hydrogen-bond acceptors (Lipinski definition) is 8. The molecule has 10 heteroatoms. The average molecular weight is 453 g/mol. The van der Waals surface area contributed by atoms with E-state index in [1.165, 1.54) is 21.3 Å². The molecule has 10 nitrogen and oxygen atoms in total. The maximum atomic E-state index is 12.8. The second kappa shape index (κ2) is 9.68. The van der Waals surface area contributed by atoms with Crippen molar-refractivity contribution in [2.24, 2.45) is 0 Å². The summed E-state index contributed by atoms with van der Waals surface area (Å²) >= 11 is 0. The van der Waals surface area contributed by atoms with Gasteiger partial charge < -0.3 is 33.9 Å². The number of benzene rings is 2. The molecule has 0 bridgehead atoms. The molecule has 174 valence electrons. The second-order valence-corrected chi connectivity index (χ2v) is 7.50. The van der Waals surface area contributed by atoms with E-state index in [4.69, 9.17) is 18.7 Å². The fourth-order valence-electron chi connectivity index (χ4n) is 3.76. The van der Waals surface area contributed by atoms with Gasteiger partial charge in [0.1, 0.15) is 0 Å². The van der Waals surface area contributed by atoms with Gasteiger partial charge in [0.05, 0.1) is 27.0 Å². The molecule has 4 rings (SSSR count). The Balaban J connectivity index is 1.36. The van der Waals surface area contributed by atoms with Crippen LogP contribution in [0.1, 0.15) is 5.89 Å². The zero-order valence-corrected chi connectivity index (χ0v) is 19.1. The van der Waals surface area contributed by atoms with Crippen LogP contribution < -0.4 is 24.4 Å². The Kier molecular flexibility index (Phi) is 6.53. The Morgan fingerprint density at radius 2 is 1.61 bits per heavy atom. The molecule has 1 aliphatic heterocycles. The first-order valence-electron chi connectivity index (χ1n) is 10.5. The standard InChI is InChI=1S/C23H27N5O5/c1-15-24-22(26-33-15)16-5-7-18(8-6-16)27-9-11-28(12-10-27)23(29)25-17-13-19(30-2)21(32-4)20(14-17)31-3/h5-8,13-14H,9-12H2,1-4H3,(H,25,29). The lowest BCUT2D eigenvalue weighted by Crippen LogP contribution is -2.50. The van der Waals surface area contributed by atoms with Gasteiger partial charge in [0.25, 0.3) is 0 Å².